The van der Waals surface area contributed by atoms with Crippen LogP contribution in [0.5, 0.6) is 0 Å². The number of rotatable bonds is 32. The number of nitrogens with two attached hydrogens (primary N) is 2. The van der Waals surface area contributed by atoms with Gasteiger partial charge in [0.25, 0.3) is 5.91 Å². The number of aliphatic hydroxyl groups excluding tert-OH is 3. The van der Waals surface area contributed by atoms with Crippen LogP contribution in [0.25, 0.3) is 0 Å². The number of nitrogens with one attached hydrogen (secondary N) is 2. The topological polar surface area (TPSA) is 283 Å². The molecule has 0 bridgehead atoms. The van der Waals surface area contributed by atoms with Crippen molar-refractivity contribution in [1.29, 1.82) is 0 Å². The van der Waals surface area contributed by atoms with Crippen molar-refractivity contribution in [3.63, 3.8) is 0 Å². The molecule has 1 heterocycles. The van der Waals surface area contributed by atoms with E-state index in [9.17, 15) is 44.0 Å². The molecule has 20 heteroatoms. The second-order valence-electron chi connectivity index (χ2n) is 15.1. The third-order valence-electron chi connectivity index (χ3n) is 10.1. The van der Waals surface area contributed by atoms with E-state index >= 15 is 0 Å². The van der Waals surface area contributed by atoms with Crippen molar-refractivity contribution in [3.8, 4) is 0 Å². The Balaban J connectivity index is 2.03. The molecule has 18 nitrogen and oxygen atoms in total. The highest BCUT2D eigenvalue weighted by Crippen LogP contribution is 2.43. The first-order valence-electron chi connectivity index (χ1n) is 21.1. The molecule has 1 aromatic rings. The molecule has 1 fully saturated rings. The average molecular weight is 892 g/mol. The summed E-state index contributed by atoms with van der Waals surface area (Å²) in [6, 6.07) is 4.12. The zero-order valence-corrected chi connectivity index (χ0v) is 36.9. The van der Waals surface area contributed by atoms with Gasteiger partial charge in [0, 0.05) is 30.8 Å². The van der Waals surface area contributed by atoms with Crippen molar-refractivity contribution in [3.05, 3.63) is 35.9 Å². The summed E-state index contributed by atoms with van der Waals surface area (Å²) >= 11 is 4.13. The highest BCUT2D eigenvalue weighted by atomic mass is 32.1. The summed E-state index contributed by atoms with van der Waals surface area (Å²) in [7, 11) is -4.43. The molecule has 1 aliphatic heterocycles. The highest BCUT2D eigenvalue weighted by molar-refractivity contribution is 7.80. The number of nitrogens with zero attached hydrogens (tertiary/aromatic N) is 1. The Morgan fingerprint density at radius 3 is 2.10 bits per heavy atom. The van der Waals surface area contributed by atoms with Gasteiger partial charge < -0.3 is 56.7 Å². The van der Waals surface area contributed by atoms with Crippen LogP contribution in [0.15, 0.2) is 30.3 Å². The van der Waals surface area contributed by atoms with E-state index in [1.807, 2.05) is 0 Å². The number of benzene rings is 1. The highest BCUT2D eigenvalue weighted by Gasteiger charge is 2.47. The van der Waals surface area contributed by atoms with E-state index in [1.165, 1.54) is 70.4 Å². The maximum atomic E-state index is 13.7. The van der Waals surface area contributed by atoms with Crippen LogP contribution in [0.2, 0.25) is 0 Å². The Hall–Kier alpha value is -2.68. The molecular formula is C40H70N5O13PS. The maximum Gasteiger partial charge on any atom is 0.472 e. The van der Waals surface area contributed by atoms with Gasteiger partial charge in [-0.1, -0.05) is 95.8 Å². The number of thiol groups is 1. The number of carbonyl (C=O) groups is 4. The minimum Gasteiger partial charge on any atom is -0.394 e. The number of hydrogen-bond acceptors (Lipinski definition) is 14. The SMILES string of the molecule is CCCCCCCCCCCCCCOP(=O)(O)OCCNC(=O)[C@@H](CCC(N)=O)N(CC(C)O[C@H]1[C@H](O)[C@@H](CO)O[C@H](O)[C@@H]1NC(=O)c1ccccc1)C(=O)[C@@H](N)CS. The lowest BCUT2D eigenvalue weighted by atomic mass is 9.96. The fourth-order valence-corrected chi connectivity index (χ4v) is 7.71. The van der Waals surface area contributed by atoms with Gasteiger partial charge >= 0.3 is 7.82 Å². The third-order valence-corrected chi connectivity index (χ3v) is 11.5. The van der Waals surface area contributed by atoms with E-state index in [0.717, 1.165) is 24.2 Å². The number of carbonyl (C=O) groups excluding carboxylic acids is 4. The fourth-order valence-electron chi connectivity index (χ4n) is 6.80. The Labute approximate surface area is 359 Å². The molecule has 2 unspecified atom stereocenters. The molecule has 60 heavy (non-hydrogen) atoms. The van der Waals surface area contributed by atoms with Gasteiger partial charge in [-0.25, -0.2) is 4.57 Å². The van der Waals surface area contributed by atoms with Crippen molar-refractivity contribution in [2.45, 2.75) is 153 Å². The molecule has 4 amide bonds. The van der Waals surface area contributed by atoms with Gasteiger partial charge in [0.1, 0.15) is 30.4 Å². The number of amides is 4. The van der Waals surface area contributed by atoms with E-state index in [4.69, 9.17) is 30.0 Å². The summed E-state index contributed by atoms with van der Waals surface area (Å²) < 4.78 is 34.1. The number of ether oxygens (including phenoxy) is 2. The number of primary amides is 1. The Morgan fingerprint density at radius 2 is 1.53 bits per heavy atom. The predicted octanol–water partition coefficient (Wildman–Crippen LogP) is 2.30. The average Bonchev–Trinajstić information content (AvgIpc) is 3.22. The lowest BCUT2D eigenvalue weighted by Crippen LogP contribution is -2.66. The number of hydrogen-bond donors (Lipinski definition) is 9. The van der Waals surface area contributed by atoms with Crippen molar-refractivity contribution < 1.29 is 62.5 Å². The Kier molecular flexibility index (Phi) is 26.4. The summed E-state index contributed by atoms with van der Waals surface area (Å²) in [4.78, 5) is 63.5. The van der Waals surface area contributed by atoms with Gasteiger partial charge in [-0.3, -0.25) is 28.2 Å². The molecular weight excluding hydrogens is 822 g/mol. The van der Waals surface area contributed by atoms with Crippen molar-refractivity contribution in [2.75, 3.05) is 38.7 Å². The monoisotopic (exact) mass is 891 g/mol. The van der Waals surface area contributed by atoms with Gasteiger partial charge in [-0.2, -0.15) is 12.6 Å². The largest absolute Gasteiger partial charge is 0.472 e. The first-order valence-corrected chi connectivity index (χ1v) is 23.3. The molecule has 0 aromatic heterocycles. The summed E-state index contributed by atoms with van der Waals surface area (Å²) in [5, 5.41) is 36.9. The lowest BCUT2D eigenvalue weighted by Gasteiger charge is -2.44. The van der Waals surface area contributed by atoms with E-state index in [0.29, 0.717) is 6.42 Å². The quantitative estimate of drug-likeness (QED) is 0.0285. The smallest absolute Gasteiger partial charge is 0.394 e. The zero-order valence-electron chi connectivity index (χ0n) is 35.1. The molecule has 1 saturated heterocycles. The molecule has 10 N–H and O–H groups in total. The van der Waals surface area contributed by atoms with Gasteiger partial charge in [0.2, 0.25) is 17.7 Å². The molecule has 0 aliphatic carbocycles. The van der Waals surface area contributed by atoms with Crippen LogP contribution in [0.3, 0.4) is 0 Å². The molecule has 0 radical (unpaired) electrons. The van der Waals surface area contributed by atoms with Gasteiger partial charge in [0.15, 0.2) is 6.29 Å². The fraction of sp³-hybridized carbons (Fsp3) is 0.750. The van der Waals surface area contributed by atoms with Crippen LogP contribution >= 0.6 is 20.5 Å². The van der Waals surface area contributed by atoms with Crippen molar-refractivity contribution >= 4 is 44.1 Å². The predicted molar refractivity (Wildman–Crippen MR) is 228 cm³/mol. The van der Waals surface area contributed by atoms with Gasteiger partial charge in [0.05, 0.1) is 32.0 Å². The number of aliphatic hydroxyl groups is 3. The molecule has 1 aromatic carbocycles. The maximum absolute atomic E-state index is 13.7. The van der Waals surface area contributed by atoms with Crippen LogP contribution in [0.4, 0.5) is 0 Å². The minimum atomic E-state index is -4.43. The summed E-state index contributed by atoms with van der Waals surface area (Å²) in [6.45, 7) is 1.97. The molecule has 0 saturated carbocycles. The summed E-state index contributed by atoms with van der Waals surface area (Å²) in [6.07, 6.45) is 5.99. The first kappa shape index (κ1) is 53.5. The van der Waals surface area contributed by atoms with E-state index < -0.39 is 93.5 Å². The summed E-state index contributed by atoms with van der Waals surface area (Å²) in [5.74, 6) is -3.02. The van der Waals surface area contributed by atoms with E-state index in [2.05, 4.69) is 30.2 Å². The van der Waals surface area contributed by atoms with Crippen LogP contribution < -0.4 is 22.1 Å². The zero-order chi connectivity index (χ0) is 44.5. The lowest BCUT2D eigenvalue weighted by molar-refractivity contribution is -0.267. The van der Waals surface area contributed by atoms with Crippen LogP contribution in [-0.2, 0) is 37.5 Å². The molecule has 9 atom stereocenters. The Bertz CT molecular complexity index is 1450. The number of unbranched alkanes of at least 4 members (excludes halogenated alkanes) is 11. The number of phosphoric acid groups is 1. The molecule has 1 aliphatic rings. The second kappa shape index (κ2) is 29.6. The summed E-state index contributed by atoms with van der Waals surface area (Å²) in [5.41, 5.74) is 11.7. The normalized spacial score (nSPS) is 21.6. The first-order chi connectivity index (χ1) is 28.6. The van der Waals surface area contributed by atoms with E-state index in [1.54, 1.807) is 18.2 Å². The van der Waals surface area contributed by atoms with Gasteiger partial charge in [-0.15, -0.1) is 0 Å². The number of phosphoric ester groups is 1. The van der Waals surface area contributed by atoms with Gasteiger partial charge in [-0.05, 0) is 31.9 Å². The van der Waals surface area contributed by atoms with Crippen LogP contribution in [0.1, 0.15) is 114 Å². The van der Waals surface area contributed by atoms with Crippen LogP contribution in [0, 0.1) is 0 Å². The Morgan fingerprint density at radius 1 is 0.950 bits per heavy atom. The molecule has 0 spiro atoms. The minimum absolute atomic E-state index is 0.0279. The van der Waals surface area contributed by atoms with Crippen LogP contribution in [-0.4, -0.2) is 136 Å². The standard InChI is InChI=1S/C40H70N5O13PS/c1-3-4-5-6-7-8-9-10-11-12-13-17-23-55-59(53,54)56-24-22-43-38(50)31(20-21-33(42)47)45(39(51)30(41)27-60)25-28(2)57-36-34(40(52)58-32(26-46)35(36)48)44-37(49)29-18-15-14-16-19-29/h14-16,18-19,28,30-32,34-36,40,46,48,52,60H,3-13,17,20-27,41H2,1-2H3,(H2,42,47)(H,43,50)(H,44,49)(H,53,54)/t28?,30-,31+,32+,34+,35+,36+,40-/m0/s1. The van der Waals surface area contributed by atoms with Crippen molar-refractivity contribution in [2.24, 2.45) is 11.5 Å². The molecule has 344 valence electrons. The molecule has 2 rings (SSSR count). The van der Waals surface area contributed by atoms with E-state index in [-0.39, 0.29) is 43.9 Å². The second-order valence-corrected chi connectivity index (χ2v) is 16.9. The van der Waals surface area contributed by atoms with Crippen molar-refractivity contribution in [1.82, 2.24) is 15.5 Å². The third kappa shape index (κ3) is 20.0.